The van der Waals surface area contributed by atoms with Crippen LogP contribution in [-0.2, 0) is 44.8 Å². The average molecular weight is 872 g/mol. The molecule has 1 aromatic carbocycles. The fraction of sp³-hybridized carbons (Fsp3) is 0.600. The molecule has 22 heteroatoms. The number of carbonyl (C=O) groups excluding carboxylic acids is 8. The van der Waals surface area contributed by atoms with Crippen molar-refractivity contribution in [1.29, 1.82) is 0 Å². The second-order valence-corrected chi connectivity index (χ2v) is 16.3. The first-order chi connectivity index (χ1) is 29.4. The molecule has 62 heavy (non-hydrogen) atoms. The molecule has 0 aliphatic carbocycles. The number of phenols is 1. The van der Waals surface area contributed by atoms with Crippen LogP contribution >= 0.6 is 0 Å². The van der Waals surface area contributed by atoms with Crippen molar-refractivity contribution in [3.05, 3.63) is 23.8 Å². The van der Waals surface area contributed by atoms with Gasteiger partial charge in [0.15, 0.2) is 5.88 Å². The largest absolute Gasteiger partial charge is 0.508 e. The number of hydrogen-bond acceptors (Lipinski definition) is 13. The van der Waals surface area contributed by atoms with Gasteiger partial charge in [0.05, 0.1) is 43.8 Å². The number of aliphatic hydroxyl groups excluding tert-OH is 3. The number of H-pyrrole nitrogens is 1. The maximum Gasteiger partial charge on any atom is 0.246 e. The van der Waals surface area contributed by atoms with E-state index in [1.165, 1.54) is 30.0 Å². The number of primary amides is 1. The highest BCUT2D eigenvalue weighted by molar-refractivity contribution is 5.97. The zero-order valence-corrected chi connectivity index (χ0v) is 34.8. The van der Waals surface area contributed by atoms with Crippen LogP contribution in [0.1, 0.15) is 58.4 Å². The van der Waals surface area contributed by atoms with Gasteiger partial charge in [-0.05, 0) is 43.2 Å². The Labute approximate surface area is 356 Å². The number of aromatic nitrogens is 1. The molecular formula is C40H57N9O13. The number of carbonyl (C=O) groups is 8. The number of nitrogens with zero attached hydrogens (tertiary/aromatic N) is 1. The van der Waals surface area contributed by atoms with Gasteiger partial charge in [0.1, 0.15) is 36.5 Å². The lowest BCUT2D eigenvalue weighted by atomic mass is 9.83. The number of fused-ring (bicyclic) bond motifs is 5. The van der Waals surface area contributed by atoms with Gasteiger partial charge in [0.2, 0.25) is 47.3 Å². The summed E-state index contributed by atoms with van der Waals surface area (Å²) in [5, 5.41) is 57.4. The molecule has 0 saturated carbocycles. The highest BCUT2D eigenvalue weighted by Crippen LogP contribution is 2.33. The number of aromatic amines is 1. The van der Waals surface area contributed by atoms with Crippen LogP contribution in [0.25, 0.3) is 10.9 Å². The fourth-order valence-electron chi connectivity index (χ4n) is 8.07. The zero-order valence-electron chi connectivity index (χ0n) is 34.8. The minimum atomic E-state index is -1.63. The minimum Gasteiger partial charge on any atom is -0.508 e. The van der Waals surface area contributed by atoms with E-state index in [-0.39, 0.29) is 49.4 Å². The van der Waals surface area contributed by atoms with Crippen molar-refractivity contribution in [2.75, 3.05) is 32.8 Å². The number of amides is 8. The van der Waals surface area contributed by atoms with Gasteiger partial charge in [0.25, 0.3) is 0 Å². The molecule has 2 aromatic rings. The highest BCUT2D eigenvalue weighted by atomic mass is 16.5. The monoisotopic (exact) mass is 871 g/mol. The van der Waals surface area contributed by atoms with Crippen LogP contribution in [0.4, 0.5) is 0 Å². The number of phenolic OH excluding ortho intramolecular Hbond substituents is 1. The molecule has 340 valence electrons. The van der Waals surface area contributed by atoms with E-state index in [1.54, 1.807) is 13.8 Å². The molecule has 1 aromatic heterocycles. The number of nitrogens with one attached hydrogen (secondary N) is 7. The third-order valence-electron chi connectivity index (χ3n) is 11.9. The van der Waals surface area contributed by atoms with Crippen LogP contribution in [0.5, 0.6) is 11.6 Å². The Bertz CT molecular complexity index is 2030. The van der Waals surface area contributed by atoms with Crippen molar-refractivity contribution >= 4 is 58.2 Å². The number of aromatic hydroxyl groups is 1. The van der Waals surface area contributed by atoms with Crippen LogP contribution in [0.15, 0.2) is 18.2 Å². The Morgan fingerprint density at radius 2 is 1.61 bits per heavy atom. The molecule has 10 atom stereocenters. The molecule has 3 aliphatic rings. The van der Waals surface area contributed by atoms with Crippen molar-refractivity contribution in [3.63, 3.8) is 0 Å². The van der Waals surface area contributed by atoms with E-state index in [4.69, 9.17) is 10.5 Å². The maximum atomic E-state index is 14.4. The van der Waals surface area contributed by atoms with Gasteiger partial charge in [-0.1, -0.05) is 27.2 Å². The Kier molecular flexibility index (Phi) is 15.7. The van der Waals surface area contributed by atoms with Gasteiger partial charge in [-0.3, -0.25) is 38.4 Å². The summed E-state index contributed by atoms with van der Waals surface area (Å²) in [6.45, 7) is 2.08. The fourth-order valence-corrected chi connectivity index (χ4v) is 8.07. The summed E-state index contributed by atoms with van der Waals surface area (Å²) in [7, 11) is 0. The van der Waals surface area contributed by atoms with Crippen LogP contribution in [0, 0.1) is 17.8 Å². The molecule has 3 aliphatic heterocycles. The number of benzene rings is 1. The zero-order chi connectivity index (χ0) is 45.4. The number of hydrogen-bond donors (Lipinski definition) is 12. The SMILES string of the molecule is CCC(C)C1NC(=O)CNC(=O)C2Cc3c([nH]c4cc(O)ccc34)OCC(NC(=O)CNC1=O)C(=O)NC(CC(N)=O)C(=O)N1CC(O)CC1CCC(C(C)C(O)CO)C(=O)N2. The van der Waals surface area contributed by atoms with E-state index >= 15 is 0 Å². The molecule has 0 spiro atoms. The number of nitrogens with two attached hydrogens (primary N) is 1. The normalized spacial score (nSPS) is 27.8. The summed E-state index contributed by atoms with van der Waals surface area (Å²) in [6.07, 6.45) is -3.01. The van der Waals surface area contributed by atoms with Gasteiger partial charge in [-0.15, -0.1) is 0 Å². The molecule has 4 heterocycles. The Morgan fingerprint density at radius 1 is 0.919 bits per heavy atom. The third kappa shape index (κ3) is 11.5. The van der Waals surface area contributed by atoms with Crippen molar-refractivity contribution in [1.82, 2.24) is 41.8 Å². The van der Waals surface area contributed by atoms with Crippen molar-refractivity contribution in [2.45, 2.75) is 102 Å². The molecule has 8 amide bonds. The standard InChI is InChI=1S/C40H57N9O13/c1-4-18(2)34-38(60)43-13-32(55)44-29-17-62-39-25(24-8-6-21(51)10-26(24)47-39)11-27(36(58)42-14-33(56)48-34)45-35(57)23(19(3)30(53)16-50)7-5-20-9-22(52)15-49(20)40(61)28(12-31(41)54)46-37(29)59/h6,8,10,18-20,22-23,27-30,34,47,50-53H,4-5,7,9,11-17H2,1-3H3,(H2,41,54)(H,42,58)(H,43,60)(H,44,55)(H,45,57)(H,46,59)(H,48,56). The number of aliphatic hydroxyl groups is 3. The average Bonchev–Trinajstić information content (AvgIpc) is 3.78. The first-order valence-corrected chi connectivity index (χ1v) is 20.7. The van der Waals surface area contributed by atoms with Gasteiger partial charge < -0.3 is 72.7 Å². The number of ether oxygens (including phenoxy) is 1. The quantitative estimate of drug-likeness (QED) is 0.128. The van der Waals surface area contributed by atoms with Crippen LogP contribution < -0.4 is 42.4 Å². The molecule has 5 rings (SSSR count). The second-order valence-electron chi connectivity index (χ2n) is 16.3. The van der Waals surface area contributed by atoms with E-state index in [1.807, 2.05) is 0 Å². The van der Waals surface area contributed by atoms with E-state index in [0.29, 0.717) is 17.3 Å². The lowest BCUT2D eigenvalue weighted by molar-refractivity contribution is -0.140. The maximum absolute atomic E-state index is 14.4. The van der Waals surface area contributed by atoms with Crippen LogP contribution in [-0.4, -0.2) is 153 Å². The van der Waals surface area contributed by atoms with Crippen molar-refractivity contribution < 1.29 is 63.5 Å². The van der Waals surface area contributed by atoms with E-state index in [2.05, 4.69) is 36.9 Å². The predicted molar refractivity (Wildman–Crippen MR) is 217 cm³/mol. The molecule has 1 saturated heterocycles. The van der Waals surface area contributed by atoms with Crippen molar-refractivity contribution in [2.24, 2.45) is 23.5 Å². The summed E-state index contributed by atoms with van der Waals surface area (Å²) >= 11 is 0. The van der Waals surface area contributed by atoms with Gasteiger partial charge in [0, 0.05) is 41.9 Å². The van der Waals surface area contributed by atoms with Gasteiger partial charge in [-0.25, -0.2) is 0 Å². The minimum absolute atomic E-state index is 0.0381. The van der Waals surface area contributed by atoms with E-state index < -0.39 is 140 Å². The molecule has 22 nitrogen and oxygen atoms in total. The summed E-state index contributed by atoms with van der Waals surface area (Å²) in [4.78, 5) is 114. The topological polar surface area (TPSA) is 344 Å². The molecule has 1 fully saturated rings. The summed E-state index contributed by atoms with van der Waals surface area (Å²) in [5.74, 6) is -9.50. The van der Waals surface area contributed by atoms with E-state index in [9.17, 15) is 58.8 Å². The lowest BCUT2D eigenvalue weighted by Gasteiger charge is -2.32. The Morgan fingerprint density at radius 3 is 2.29 bits per heavy atom. The van der Waals surface area contributed by atoms with Gasteiger partial charge in [-0.2, -0.15) is 0 Å². The molecule has 13 N–H and O–H groups in total. The molecule has 2 bridgehead atoms. The smallest absolute Gasteiger partial charge is 0.246 e. The molecular weight excluding hydrogens is 814 g/mol. The third-order valence-corrected chi connectivity index (χ3v) is 11.9. The van der Waals surface area contributed by atoms with Crippen molar-refractivity contribution in [3.8, 4) is 11.6 Å². The summed E-state index contributed by atoms with van der Waals surface area (Å²) in [5.41, 5.74) is 6.08. The number of rotatable bonds is 7. The molecule has 10 unspecified atom stereocenters. The highest BCUT2D eigenvalue weighted by Gasteiger charge is 2.41. The first-order valence-electron chi connectivity index (χ1n) is 20.7. The summed E-state index contributed by atoms with van der Waals surface area (Å²) in [6, 6.07) is -2.39. The Hall–Kier alpha value is -6.00. The van der Waals surface area contributed by atoms with Gasteiger partial charge >= 0.3 is 0 Å². The van der Waals surface area contributed by atoms with E-state index in [0.717, 1.165) is 0 Å². The summed E-state index contributed by atoms with van der Waals surface area (Å²) < 4.78 is 6.14. The van der Waals surface area contributed by atoms with Crippen LogP contribution in [0.2, 0.25) is 0 Å². The second kappa shape index (κ2) is 20.7. The van der Waals surface area contributed by atoms with Crippen LogP contribution in [0.3, 0.4) is 0 Å². The first kappa shape index (κ1) is 47.1. The lowest BCUT2D eigenvalue weighted by Crippen LogP contribution is -2.59. The Balaban J connectivity index is 1.68. The molecule has 0 radical (unpaired) electrons. The predicted octanol–water partition coefficient (Wildman–Crippen LogP) is -3.74.